The summed E-state index contributed by atoms with van der Waals surface area (Å²) < 4.78 is 1.90. The van der Waals surface area contributed by atoms with Gasteiger partial charge < -0.3 is 0 Å². The van der Waals surface area contributed by atoms with E-state index < -0.39 is 0 Å². The van der Waals surface area contributed by atoms with Gasteiger partial charge in [-0.3, -0.25) is 4.99 Å². The highest BCUT2D eigenvalue weighted by atomic mass is 32.1. The molecule has 3 rings (SSSR count). The van der Waals surface area contributed by atoms with Gasteiger partial charge in [-0.05, 0) is 17.5 Å². The number of aryl methyl sites for hydroxylation is 1. The summed E-state index contributed by atoms with van der Waals surface area (Å²) in [6.07, 6.45) is 4.71. The van der Waals surface area contributed by atoms with Crippen LogP contribution in [0.1, 0.15) is 18.1 Å². The summed E-state index contributed by atoms with van der Waals surface area (Å²) in [6, 6.07) is 18.7. The van der Waals surface area contributed by atoms with E-state index in [1.165, 1.54) is 5.56 Å². The molecule has 126 valence electrons. The highest BCUT2D eigenvalue weighted by Crippen LogP contribution is 2.19. The predicted molar refractivity (Wildman–Crippen MR) is 107 cm³/mol. The molecule has 0 radical (unpaired) electrons. The Bertz CT molecular complexity index is 916. The molecule has 0 N–H and O–H groups in total. The minimum atomic E-state index is 0.579. The topological polar surface area (TPSA) is 29.6 Å². The summed E-state index contributed by atoms with van der Waals surface area (Å²) in [5, 5.41) is 6.79. The van der Waals surface area contributed by atoms with Crippen LogP contribution in [0.15, 0.2) is 82.7 Å². The largest absolute Gasteiger partial charge is 0.253 e. The van der Waals surface area contributed by atoms with Gasteiger partial charge in [0.1, 0.15) is 0 Å². The normalized spacial score (nSPS) is 12.0. The van der Waals surface area contributed by atoms with E-state index in [-0.39, 0.29) is 0 Å². The lowest BCUT2D eigenvalue weighted by atomic mass is 10.1. The average Bonchev–Trinajstić information content (AvgIpc) is 3.08. The van der Waals surface area contributed by atoms with Gasteiger partial charge in [-0.25, -0.2) is 4.68 Å². The van der Waals surface area contributed by atoms with Crippen molar-refractivity contribution in [1.82, 2.24) is 4.68 Å². The van der Waals surface area contributed by atoms with Gasteiger partial charge in [0.15, 0.2) is 0 Å². The molecule has 1 heterocycles. The van der Waals surface area contributed by atoms with E-state index in [0.29, 0.717) is 6.54 Å². The van der Waals surface area contributed by atoms with E-state index in [1.807, 2.05) is 29.1 Å². The Morgan fingerprint density at radius 3 is 2.52 bits per heavy atom. The lowest BCUT2D eigenvalue weighted by molar-refractivity contribution is 0.840. The quantitative estimate of drug-likeness (QED) is 0.455. The number of hydrogen-bond donors (Lipinski definition) is 0. The van der Waals surface area contributed by atoms with Crippen molar-refractivity contribution >= 4 is 17.6 Å². The SMILES string of the molecule is C=CCN=c1scc(-c2ccccc2)n1N=Cc1ccc(CC)cc1. The van der Waals surface area contributed by atoms with Crippen LogP contribution in [0, 0.1) is 0 Å². The molecule has 0 aliphatic rings. The van der Waals surface area contributed by atoms with E-state index in [1.54, 1.807) is 17.4 Å². The summed E-state index contributed by atoms with van der Waals surface area (Å²) in [5.74, 6) is 0. The lowest BCUT2D eigenvalue weighted by Crippen LogP contribution is -2.12. The van der Waals surface area contributed by atoms with E-state index >= 15 is 0 Å². The minimum absolute atomic E-state index is 0.579. The molecule has 3 aromatic rings. The molecule has 3 nitrogen and oxygen atoms in total. The Morgan fingerprint density at radius 1 is 1.08 bits per heavy atom. The molecule has 2 aromatic carbocycles. The van der Waals surface area contributed by atoms with Crippen molar-refractivity contribution in [3.05, 3.63) is 88.6 Å². The van der Waals surface area contributed by atoms with Gasteiger partial charge in [0, 0.05) is 10.9 Å². The molecule has 0 saturated carbocycles. The molecule has 0 bridgehead atoms. The standard InChI is InChI=1S/C21H21N3S/c1-3-14-22-21-24(20(16-25-21)19-8-6-5-7-9-19)23-15-18-12-10-17(4-2)11-13-18/h3,5-13,15-16H,1,4,14H2,2H3. The summed E-state index contributed by atoms with van der Waals surface area (Å²) in [5.41, 5.74) is 4.56. The Morgan fingerprint density at radius 2 is 1.84 bits per heavy atom. The van der Waals surface area contributed by atoms with Gasteiger partial charge in [0.25, 0.3) is 0 Å². The molecule has 0 unspecified atom stereocenters. The zero-order valence-corrected chi connectivity index (χ0v) is 15.1. The van der Waals surface area contributed by atoms with Crippen molar-refractivity contribution < 1.29 is 0 Å². The van der Waals surface area contributed by atoms with Crippen molar-refractivity contribution in [1.29, 1.82) is 0 Å². The van der Waals surface area contributed by atoms with Crippen molar-refractivity contribution in [2.45, 2.75) is 13.3 Å². The number of aromatic nitrogens is 1. The second-order valence-corrected chi connectivity index (χ2v) is 6.39. The molecule has 0 atom stereocenters. The Labute approximate surface area is 152 Å². The number of nitrogens with zero attached hydrogens (tertiary/aromatic N) is 3. The maximum atomic E-state index is 4.70. The van der Waals surface area contributed by atoms with Gasteiger partial charge in [-0.15, -0.1) is 17.9 Å². The number of hydrogen-bond acceptors (Lipinski definition) is 3. The minimum Gasteiger partial charge on any atom is -0.253 e. The fraction of sp³-hybridized carbons (Fsp3) is 0.143. The van der Waals surface area contributed by atoms with Gasteiger partial charge in [-0.1, -0.05) is 67.6 Å². The summed E-state index contributed by atoms with van der Waals surface area (Å²) in [6.45, 7) is 6.48. The van der Waals surface area contributed by atoms with Gasteiger partial charge in [0.2, 0.25) is 4.80 Å². The van der Waals surface area contributed by atoms with Crippen LogP contribution in [0.3, 0.4) is 0 Å². The molecule has 25 heavy (non-hydrogen) atoms. The summed E-state index contributed by atoms with van der Waals surface area (Å²) >= 11 is 1.59. The Balaban J connectivity index is 2.01. The predicted octanol–water partition coefficient (Wildman–Crippen LogP) is 4.75. The highest BCUT2D eigenvalue weighted by molar-refractivity contribution is 7.07. The first kappa shape index (κ1) is 17.1. The monoisotopic (exact) mass is 347 g/mol. The molecular formula is C21H21N3S. The van der Waals surface area contributed by atoms with Gasteiger partial charge in [0.05, 0.1) is 18.5 Å². The zero-order chi connectivity index (χ0) is 17.5. The van der Waals surface area contributed by atoms with E-state index in [4.69, 9.17) is 5.10 Å². The molecule has 0 aliphatic heterocycles. The highest BCUT2D eigenvalue weighted by Gasteiger charge is 2.06. The van der Waals surface area contributed by atoms with E-state index in [9.17, 15) is 0 Å². The molecule has 0 fully saturated rings. The number of rotatable bonds is 6. The first-order chi connectivity index (χ1) is 12.3. The van der Waals surface area contributed by atoms with Crippen LogP contribution < -0.4 is 4.80 Å². The third kappa shape index (κ3) is 4.22. The van der Waals surface area contributed by atoms with Crippen LogP contribution >= 0.6 is 11.3 Å². The molecule has 0 amide bonds. The first-order valence-electron chi connectivity index (χ1n) is 8.32. The van der Waals surface area contributed by atoms with Crippen LogP contribution in [0.25, 0.3) is 11.3 Å². The van der Waals surface area contributed by atoms with Gasteiger partial charge >= 0.3 is 0 Å². The molecule has 1 aromatic heterocycles. The first-order valence-corrected chi connectivity index (χ1v) is 9.20. The summed E-state index contributed by atoms with van der Waals surface area (Å²) in [7, 11) is 0. The van der Waals surface area contributed by atoms with E-state index in [2.05, 4.69) is 60.3 Å². The molecule has 4 heteroatoms. The maximum Gasteiger partial charge on any atom is 0.206 e. The summed E-state index contributed by atoms with van der Waals surface area (Å²) in [4.78, 5) is 5.42. The zero-order valence-electron chi connectivity index (χ0n) is 14.3. The van der Waals surface area contributed by atoms with Gasteiger partial charge in [-0.2, -0.15) is 5.10 Å². The Kier molecular flexibility index (Phi) is 5.75. The van der Waals surface area contributed by atoms with Crippen molar-refractivity contribution in [3.8, 4) is 11.3 Å². The Hall–Kier alpha value is -2.72. The van der Waals surface area contributed by atoms with Crippen LogP contribution in [0.5, 0.6) is 0 Å². The second kappa shape index (κ2) is 8.40. The van der Waals surface area contributed by atoms with Crippen molar-refractivity contribution in [2.75, 3.05) is 6.54 Å². The maximum absolute atomic E-state index is 4.70. The fourth-order valence-corrected chi connectivity index (χ4v) is 3.28. The van der Waals surface area contributed by atoms with Crippen molar-refractivity contribution in [3.63, 3.8) is 0 Å². The molecule has 0 spiro atoms. The van der Waals surface area contributed by atoms with Crippen molar-refractivity contribution in [2.24, 2.45) is 10.1 Å². The average molecular weight is 347 g/mol. The fourth-order valence-electron chi connectivity index (χ4n) is 2.43. The smallest absolute Gasteiger partial charge is 0.206 e. The van der Waals surface area contributed by atoms with Crippen LogP contribution in [0.4, 0.5) is 0 Å². The van der Waals surface area contributed by atoms with Crippen LogP contribution in [-0.4, -0.2) is 17.4 Å². The third-order valence-corrected chi connectivity index (χ3v) is 4.67. The van der Waals surface area contributed by atoms with Crippen LogP contribution in [0.2, 0.25) is 0 Å². The third-order valence-electron chi connectivity index (χ3n) is 3.82. The number of thiazole rings is 1. The molecule has 0 saturated heterocycles. The van der Waals surface area contributed by atoms with E-state index in [0.717, 1.165) is 28.0 Å². The molecular weight excluding hydrogens is 326 g/mol. The number of benzene rings is 2. The van der Waals surface area contributed by atoms with Crippen LogP contribution in [-0.2, 0) is 6.42 Å². The second-order valence-electron chi connectivity index (χ2n) is 5.55. The lowest BCUT2D eigenvalue weighted by Gasteiger charge is -2.03. The molecule has 0 aliphatic carbocycles.